The first-order chi connectivity index (χ1) is 9.56. The Balaban J connectivity index is 2.12. The molecule has 20 heavy (non-hydrogen) atoms. The summed E-state index contributed by atoms with van der Waals surface area (Å²) in [5.74, 6) is 0. The van der Waals surface area contributed by atoms with Crippen LogP contribution in [0.3, 0.4) is 0 Å². The van der Waals surface area contributed by atoms with Gasteiger partial charge in [-0.15, -0.1) is 0 Å². The number of methoxy groups -OCH3 is 1. The van der Waals surface area contributed by atoms with Crippen molar-refractivity contribution in [2.75, 3.05) is 32.1 Å². The summed E-state index contributed by atoms with van der Waals surface area (Å²) in [6.45, 7) is 2.17. The zero-order chi connectivity index (χ0) is 14.6. The summed E-state index contributed by atoms with van der Waals surface area (Å²) in [6.07, 6.45) is 2.10. The van der Waals surface area contributed by atoms with E-state index in [9.17, 15) is 10.1 Å². The highest BCUT2D eigenvalue weighted by molar-refractivity contribution is 14.1. The number of benzene rings is 1. The number of nitro groups is 1. The number of nitrogens with one attached hydrogen (secondary N) is 2. The van der Waals surface area contributed by atoms with Crippen LogP contribution in [0.25, 0.3) is 0 Å². The van der Waals surface area contributed by atoms with E-state index in [0.717, 1.165) is 23.0 Å². The number of nitro benzene ring substituents is 1. The SMILES string of the molecule is COCC1(CNc2ccc(I)cc2[N+](=O)[O-])CCCN1. The van der Waals surface area contributed by atoms with Gasteiger partial charge in [-0.05, 0) is 54.1 Å². The molecule has 1 fully saturated rings. The molecule has 1 unspecified atom stereocenters. The Morgan fingerprint density at radius 1 is 1.60 bits per heavy atom. The van der Waals surface area contributed by atoms with Gasteiger partial charge in [0.15, 0.2) is 0 Å². The summed E-state index contributed by atoms with van der Waals surface area (Å²) in [4.78, 5) is 10.7. The molecule has 7 heteroatoms. The molecule has 2 rings (SSSR count). The molecular formula is C13H18IN3O3. The number of anilines is 1. The van der Waals surface area contributed by atoms with Crippen LogP contribution in [-0.2, 0) is 4.74 Å². The fourth-order valence-electron chi connectivity index (χ4n) is 2.54. The van der Waals surface area contributed by atoms with E-state index < -0.39 is 0 Å². The Kier molecular flexibility index (Phi) is 5.17. The quantitative estimate of drug-likeness (QED) is 0.443. The van der Waals surface area contributed by atoms with Crippen molar-refractivity contribution in [1.82, 2.24) is 5.32 Å². The molecule has 0 radical (unpaired) electrons. The van der Waals surface area contributed by atoms with E-state index >= 15 is 0 Å². The predicted octanol–water partition coefficient (Wildman–Crippen LogP) is 2.38. The molecular weight excluding hydrogens is 373 g/mol. The van der Waals surface area contributed by atoms with Crippen molar-refractivity contribution >= 4 is 34.0 Å². The van der Waals surface area contributed by atoms with Gasteiger partial charge in [0.05, 0.1) is 17.1 Å². The number of nitrogens with zero attached hydrogens (tertiary/aromatic N) is 1. The van der Waals surface area contributed by atoms with E-state index in [1.807, 2.05) is 6.07 Å². The maximum atomic E-state index is 11.1. The van der Waals surface area contributed by atoms with Crippen molar-refractivity contribution in [3.8, 4) is 0 Å². The lowest BCUT2D eigenvalue weighted by Gasteiger charge is -2.29. The number of rotatable bonds is 6. The molecule has 0 saturated carbocycles. The Hall–Kier alpha value is -0.930. The molecule has 0 aliphatic carbocycles. The minimum absolute atomic E-state index is 0.113. The highest BCUT2D eigenvalue weighted by Crippen LogP contribution is 2.28. The van der Waals surface area contributed by atoms with Gasteiger partial charge in [-0.2, -0.15) is 0 Å². The average Bonchev–Trinajstić information content (AvgIpc) is 2.86. The van der Waals surface area contributed by atoms with Gasteiger partial charge in [0, 0.05) is 23.3 Å². The van der Waals surface area contributed by atoms with E-state index in [0.29, 0.717) is 18.8 Å². The van der Waals surface area contributed by atoms with Crippen LogP contribution in [0.15, 0.2) is 18.2 Å². The Morgan fingerprint density at radius 3 is 3.00 bits per heavy atom. The van der Waals surface area contributed by atoms with Crippen molar-refractivity contribution in [1.29, 1.82) is 0 Å². The van der Waals surface area contributed by atoms with Crippen molar-refractivity contribution in [3.63, 3.8) is 0 Å². The highest BCUT2D eigenvalue weighted by atomic mass is 127. The molecule has 1 saturated heterocycles. The Labute approximate surface area is 131 Å². The number of hydrogen-bond donors (Lipinski definition) is 2. The molecule has 2 N–H and O–H groups in total. The summed E-state index contributed by atoms with van der Waals surface area (Å²) >= 11 is 2.07. The number of halogens is 1. The first-order valence-corrected chi connectivity index (χ1v) is 7.56. The topological polar surface area (TPSA) is 76.4 Å². The van der Waals surface area contributed by atoms with Gasteiger partial charge in [-0.3, -0.25) is 10.1 Å². The van der Waals surface area contributed by atoms with Gasteiger partial charge in [0.2, 0.25) is 0 Å². The van der Waals surface area contributed by atoms with Crippen molar-refractivity contribution in [3.05, 3.63) is 31.9 Å². The molecule has 110 valence electrons. The summed E-state index contributed by atoms with van der Waals surface area (Å²) in [6, 6.07) is 5.20. The standard InChI is InChI=1S/C13H18IN3O3/c1-20-9-13(5-2-6-16-13)8-15-11-4-3-10(14)7-12(11)17(18)19/h3-4,7,15-16H,2,5-6,8-9H2,1H3. The number of ether oxygens (including phenoxy) is 1. The van der Waals surface area contributed by atoms with Gasteiger partial charge >= 0.3 is 0 Å². The third-order valence-electron chi connectivity index (χ3n) is 3.53. The first-order valence-electron chi connectivity index (χ1n) is 6.48. The summed E-state index contributed by atoms with van der Waals surface area (Å²) < 4.78 is 6.13. The minimum Gasteiger partial charge on any atom is -0.383 e. The fourth-order valence-corrected chi connectivity index (χ4v) is 3.01. The molecule has 0 spiro atoms. The summed E-state index contributed by atoms with van der Waals surface area (Å²) in [7, 11) is 1.68. The first kappa shape index (κ1) is 15.5. The molecule has 1 aliphatic heterocycles. The molecule has 1 heterocycles. The third kappa shape index (κ3) is 3.58. The van der Waals surface area contributed by atoms with E-state index in [-0.39, 0.29) is 16.1 Å². The Bertz CT molecular complexity index is 490. The summed E-state index contributed by atoms with van der Waals surface area (Å²) in [5.41, 5.74) is 0.535. The van der Waals surface area contributed by atoms with E-state index in [1.54, 1.807) is 19.2 Å². The van der Waals surface area contributed by atoms with Crippen LogP contribution in [0.2, 0.25) is 0 Å². The van der Waals surface area contributed by atoms with Crippen LogP contribution in [0.5, 0.6) is 0 Å². The molecule has 0 aromatic heterocycles. The van der Waals surface area contributed by atoms with Crippen molar-refractivity contribution < 1.29 is 9.66 Å². The van der Waals surface area contributed by atoms with Gasteiger partial charge in [0.1, 0.15) is 5.69 Å². The van der Waals surface area contributed by atoms with Crippen LogP contribution in [0.4, 0.5) is 11.4 Å². The zero-order valence-electron chi connectivity index (χ0n) is 11.3. The second-order valence-electron chi connectivity index (χ2n) is 5.02. The van der Waals surface area contributed by atoms with Crippen molar-refractivity contribution in [2.24, 2.45) is 0 Å². The largest absolute Gasteiger partial charge is 0.383 e. The highest BCUT2D eigenvalue weighted by Gasteiger charge is 2.33. The molecule has 1 aromatic carbocycles. The molecule has 1 aromatic rings. The second-order valence-corrected chi connectivity index (χ2v) is 6.26. The van der Waals surface area contributed by atoms with Crippen LogP contribution >= 0.6 is 22.6 Å². The monoisotopic (exact) mass is 391 g/mol. The summed E-state index contributed by atoms with van der Waals surface area (Å²) in [5, 5.41) is 17.7. The minimum atomic E-state index is -0.352. The van der Waals surface area contributed by atoms with E-state index in [1.165, 1.54) is 0 Å². The molecule has 1 aliphatic rings. The fraction of sp³-hybridized carbons (Fsp3) is 0.538. The van der Waals surface area contributed by atoms with Gasteiger partial charge in [-0.25, -0.2) is 0 Å². The lowest BCUT2D eigenvalue weighted by atomic mass is 9.98. The maximum absolute atomic E-state index is 11.1. The number of hydrogen-bond acceptors (Lipinski definition) is 5. The molecule has 6 nitrogen and oxygen atoms in total. The van der Waals surface area contributed by atoms with Gasteiger partial charge < -0.3 is 15.4 Å². The van der Waals surface area contributed by atoms with E-state index in [2.05, 4.69) is 33.2 Å². The smallest absolute Gasteiger partial charge is 0.293 e. The predicted molar refractivity (Wildman–Crippen MR) is 86.1 cm³/mol. The lowest BCUT2D eigenvalue weighted by molar-refractivity contribution is -0.384. The average molecular weight is 391 g/mol. The second kappa shape index (κ2) is 6.68. The molecule has 1 atom stereocenters. The van der Waals surface area contributed by atoms with Gasteiger partial charge in [0.25, 0.3) is 5.69 Å². The van der Waals surface area contributed by atoms with Crippen LogP contribution < -0.4 is 10.6 Å². The van der Waals surface area contributed by atoms with Gasteiger partial charge in [-0.1, -0.05) is 0 Å². The lowest BCUT2D eigenvalue weighted by Crippen LogP contribution is -2.49. The zero-order valence-corrected chi connectivity index (χ0v) is 13.5. The molecule has 0 bridgehead atoms. The van der Waals surface area contributed by atoms with Crippen molar-refractivity contribution in [2.45, 2.75) is 18.4 Å². The van der Waals surface area contributed by atoms with E-state index in [4.69, 9.17) is 4.74 Å². The third-order valence-corrected chi connectivity index (χ3v) is 4.20. The van der Waals surface area contributed by atoms with Crippen LogP contribution in [0.1, 0.15) is 12.8 Å². The maximum Gasteiger partial charge on any atom is 0.293 e. The van der Waals surface area contributed by atoms with Crippen LogP contribution in [0, 0.1) is 13.7 Å². The van der Waals surface area contributed by atoms with Crippen LogP contribution in [-0.4, -0.2) is 37.3 Å². The Morgan fingerprint density at radius 2 is 2.40 bits per heavy atom. The molecule has 0 amide bonds. The normalized spacial score (nSPS) is 21.9.